The molecule has 0 radical (unpaired) electrons. The standard InChI is InChI=1S/C12H16FO2P/c1-2-3-9-15-16(14)10-8-11-6-4-5-7-12(11)13/h4-8,10,16H,2-3,9H2,1H3. The third kappa shape index (κ3) is 4.73. The fraction of sp³-hybridized carbons (Fsp3) is 0.333. The molecule has 0 heterocycles. The Morgan fingerprint density at radius 3 is 2.88 bits per heavy atom. The topological polar surface area (TPSA) is 26.3 Å². The molecular weight excluding hydrogens is 226 g/mol. The fourth-order valence-electron chi connectivity index (χ4n) is 1.13. The van der Waals surface area contributed by atoms with Crippen LogP contribution < -0.4 is 0 Å². The SMILES string of the molecule is CCCCO[PH](=O)C=Cc1ccccc1F. The first-order chi connectivity index (χ1) is 7.74. The highest BCUT2D eigenvalue weighted by Crippen LogP contribution is 2.25. The third-order valence-corrected chi connectivity index (χ3v) is 2.97. The predicted octanol–water partition coefficient (Wildman–Crippen LogP) is 4.09. The highest BCUT2D eigenvalue weighted by atomic mass is 31.1. The van der Waals surface area contributed by atoms with Gasteiger partial charge in [-0.2, -0.15) is 0 Å². The van der Waals surface area contributed by atoms with Crippen LogP contribution in [0.1, 0.15) is 25.3 Å². The van der Waals surface area contributed by atoms with Crippen LogP contribution in [-0.4, -0.2) is 6.61 Å². The van der Waals surface area contributed by atoms with Gasteiger partial charge in [0, 0.05) is 5.56 Å². The molecular formula is C12H16FO2P. The lowest BCUT2D eigenvalue weighted by molar-refractivity contribution is 0.326. The lowest BCUT2D eigenvalue weighted by atomic mass is 10.2. The van der Waals surface area contributed by atoms with Gasteiger partial charge in [-0.3, -0.25) is 4.57 Å². The minimum absolute atomic E-state index is 0.317. The molecule has 0 spiro atoms. The zero-order chi connectivity index (χ0) is 11.8. The second kappa shape index (κ2) is 7.37. The first-order valence-corrected chi connectivity index (χ1v) is 6.72. The molecule has 0 saturated carbocycles. The van der Waals surface area contributed by atoms with E-state index in [9.17, 15) is 8.96 Å². The molecule has 1 aromatic carbocycles. The summed E-state index contributed by atoms with van der Waals surface area (Å²) in [7, 11) is -2.17. The molecule has 0 aliphatic rings. The molecule has 1 unspecified atom stereocenters. The second-order valence-corrected chi connectivity index (χ2v) is 4.64. The van der Waals surface area contributed by atoms with E-state index in [2.05, 4.69) is 0 Å². The lowest BCUT2D eigenvalue weighted by Crippen LogP contribution is -1.83. The van der Waals surface area contributed by atoms with Crippen molar-refractivity contribution in [3.05, 3.63) is 41.5 Å². The number of rotatable bonds is 6. The van der Waals surface area contributed by atoms with Crippen molar-refractivity contribution in [3.8, 4) is 0 Å². The van der Waals surface area contributed by atoms with E-state index in [1.807, 2.05) is 6.92 Å². The highest BCUT2D eigenvalue weighted by molar-refractivity contribution is 7.43. The number of hydrogen-bond acceptors (Lipinski definition) is 2. The van der Waals surface area contributed by atoms with Crippen LogP contribution in [0.15, 0.2) is 30.1 Å². The largest absolute Gasteiger partial charge is 0.328 e. The number of benzene rings is 1. The van der Waals surface area contributed by atoms with Crippen molar-refractivity contribution in [2.75, 3.05) is 6.61 Å². The zero-order valence-electron chi connectivity index (χ0n) is 9.28. The van der Waals surface area contributed by atoms with Crippen LogP contribution >= 0.6 is 8.03 Å². The van der Waals surface area contributed by atoms with E-state index in [1.165, 1.54) is 18.0 Å². The smallest absolute Gasteiger partial charge is 0.213 e. The molecule has 0 amide bonds. The maximum absolute atomic E-state index is 13.2. The molecule has 0 aromatic heterocycles. The molecule has 4 heteroatoms. The maximum atomic E-state index is 13.2. The van der Waals surface area contributed by atoms with Gasteiger partial charge < -0.3 is 4.52 Å². The summed E-state index contributed by atoms with van der Waals surface area (Å²) in [5, 5.41) is 0. The monoisotopic (exact) mass is 242 g/mol. The normalized spacial score (nSPS) is 13.1. The van der Waals surface area contributed by atoms with Crippen LogP contribution in [0.5, 0.6) is 0 Å². The molecule has 0 aliphatic heterocycles. The van der Waals surface area contributed by atoms with E-state index < -0.39 is 8.03 Å². The summed E-state index contributed by atoms with van der Waals surface area (Å²) in [6.45, 7) is 2.53. The van der Waals surface area contributed by atoms with Gasteiger partial charge in [0.25, 0.3) is 0 Å². The number of halogens is 1. The quantitative estimate of drug-likeness (QED) is 0.554. The molecule has 16 heavy (non-hydrogen) atoms. The molecule has 1 atom stereocenters. The van der Waals surface area contributed by atoms with Gasteiger partial charge >= 0.3 is 0 Å². The van der Waals surface area contributed by atoms with Crippen LogP contribution in [0.3, 0.4) is 0 Å². The number of hydrogen-bond donors (Lipinski definition) is 0. The summed E-state index contributed by atoms with van der Waals surface area (Å²) in [6, 6.07) is 6.35. The minimum Gasteiger partial charge on any atom is -0.328 e. The van der Waals surface area contributed by atoms with Gasteiger partial charge in [0.05, 0.1) is 6.61 Å². The van der Waals surface area contributed by atoms with Crippen molar-refractivity contribution in [3.63, 3.8) is 0 Å². The van der Waals surface area contributed by atoms with E-state index in [4.69, 9.17) is 4.52 Å². The van der Waals surface area contributed by atoms with Gasteiger partial charge in [-0.1, -0.05) is 31.5 Å². The highest BCUT2D eigenvalue weighted by Gasteiger charge is 1.97. The Labute approximate surface area is 96.0 Å². The molecule has 0 aliphatic carbocycles. The van der Waals surface area contributed by atoms with Gasteiger partial charge in [-0.25, -0.2) is 4.39 Å². The van der Waals surface area contributed by atoms with E-state index >= 15 is 0 Å². The summed E-state index contributed by atoms with van der Waals surface area (Å²) < 4.78 is 29.6. The van der Waals surface area contributed by atoms with Crippen molar-refractivity contribution in [1.29, 1.82) is 0 Å². The van der Waals surface area contributed by atoms with Crippen molar-refractivity contribution in [2.24, 2.45) is 0 Å². The summed E-state index contributed by atoms with van der Waals surface area (Å²) in [5.74, 6) is 1.11. The van der Waals surface area contributed by atoms with Gasteiger partial charge in [0.2, 0.25) is 8.03 Å². The predicted molar refractivity (Wildman–Crippen MR) is 65.3 cm³/mol. The van der Waals surface area contributed by atoms with Crippen LogP contribution in [-0.2, 0) is 9.09 Å². The first kappa shape index (κ1) is 13.1. The summed E-state index contributed by atoms with van der Waals surface area (Å²) in [5.41, 5.74) is 0.431. The molecule has 1 aromatic rings. The Kier molecular flexibility index (Phi) is 6.05. The van der Waals surface area contributed by atoms with Crippen molar-refractivity contribution in [2.45, 2.75) is 19.8 Å². The number of unbranched alkanes of at least 4 members (excludes halogenated alkanes) is 1. The van der Waals surface area contributed by atoms with Crippen LogP contribution in [0.4, 0.5) is 4.39 Å². The van der Waals surface area contributed by atoms with E-state index in [1.54, 1.807) is 18.2 Å². The molecule has 0 N–H and O–H groups in total. The summed E-state index contributed by atoms with van der Waals surface area (Å²) in [6.07, 6.45) is 3.40. The molecule has 1 rings (SSSR count). The molecule has 0 fully saturated rings. The molecule has 0 bridgehead atoms. The fourth-order valence-corrected chi connectivity index (χ4v) is 1.89. The van der Waals surface area contributed by atoms with Gasteiger partial charge in [0.15, 0.2) is 0 Å². The van der Waals surface area contributed by atoms with Crippen LogP contribution in [0.25, 0.3) is 6.08 Å². The van der Waals surface area contributed by atoms with Crippen LogP contribution in [0.2, 0.25) is 0 Å². The van der Waals surface area contributed by atoms with Crippen molar-refractivity contribution >= 4 is 14.1 Å². The first-order valence-electron chi connectivity index (χ1n) is 5.33. The molecule has 88 valence electrons. The van der Waals surface area contributed by atoms with Gasteiger partial charge in [-0.05, 0) is 24.4 Å². The minimum atomic E-state index is -2.17. The maximum Gasteiger partial charge on any atom is 0.213 e. The third-order valence-electron chi connectivity index (χ3n) is 2.05. The van der Waals surface area contributed by atoms with Gasteiger partial charge in [0.1, 0.15) is 5.82 Å². The van der Waals surface area contributed by atoms with E-state index in [0.717, 1.165) is 12.8 Å². The Balaban J connectivity index is 2.47. The molecule has 2 nitrogen and oxygen atoms in total. The zero-order valence-corrected chi connectivity index (χ0v) is 10.3. The second-order valence-electron chi connectivity index (χ2n) is 3.38. The van der Waals surface area contributed by atoms with Crippen molar-refractivity contribution < 1.29 is 13.5 Å². The Morgan fingerprint density at radius 2 is 2.19 bits per heavy atom. The Bertz CT molecular complexity index is 377. The molecule has 0 saturated heterocycles. The van der Waals surface area contributed by atoms with Gasteiger partial charge in [-0.15, -0.1) is 0 Å². The Morgan fingerprint density at radius 1 is 1.44 bits per heavy atom. The summed E-state index contributed by atoms with van der Waals surface area (Å²) in [4.78, 5) is 0. The van der Waals surface area contributed by atoms with E-state index in [0.29, 0.717) is 12.2 Å². The summed E-state index contributed by atoms with van der Waals surface area (Å²) >= 11 is 0. The average molecular weight is 242 g/mol. The van der Waals surface area contributed by atoms with Crippen molar-refractivity contribution in [1.82, 2.24) is 0 Å². The Hall–Kier alpha value is -0.920. The van der Waals surface area contributed by atoms with E-state index in [-0.39, 0.29) is 5.82 Å². The average Bonchev–Trinajstić information content (AvgIpc) is 2.28. The lowest BCUT2D eigenvalue weighted by Gasteiger charge is -1.99. The van der Waals surface area contributed by atoms with Crippen LogP contribution in [0, 0.1) is 5.82 Å².